The van der Waals surface area contributed by atoms with E-state index in [0.29, 0.717) is 18.6 Å². The summed E-state index contributed by atoms with van der Waals surface area (Å²) in [5, 5.41) is 19.1. The van der Waals surface area contributed by atoms with Gasteiger partial charge in [-0.3, -0.25) is 4.79 Å². The summed E-state index contributed by atoms with van der Waals surface area (Å²) in [5.74, 6) is 0.391. The zero-order valence-corrected chi connectivity index (χ0v) is 22.2. The molecule has 184 valence electrons. The summed E-state index contributed by atoms with van der Waals surface area (Å²) < 4.78 is 0. The maximum atomic E-state index is 13.7. The van der Waals surface area contributed by atoms with Gasteiger partial charge in [0, 0.05) is 17.6 Å². The number of carbonyl (C=O) groups excluding carboxylic acids is 1. The molecule has 0 radical (unpaired) electrons. The average Bonchev–Trinajstić information content (AvgIpc) is 2.86. The molecule has 35 heavy (non-hydrogen) atoms. The third kappa shape index (κ3) is 5.35. The molecule has 1 saturated heterocycles. The Labute approximate surface area is 210 Å². The highest BCUT2D eigenvalue weighted by molar-refractivity contribution is 7.96. The molecular formula is C30H38N2O2P+. The first-order valence-corrected chi connectivity index (χ1v) is 14.4. The van der Waals surface area contributed by atoms with Crippen LogP contribution in [0.15, 0.2) is 91.0 Å². The maximum absolute atomic E-state index is 13.7. The monoisotopic (exact) mass is 489 g/mol. The quantitative estimate of drug-likeness (QED) is 0.471. The van der Waals surface area contributed by atoms with Gasteiger partial charge >= 0.3 is 0 Å². The van der Waals surface area contributed by atoms with Crippen molar-refractivity contribution in [1.29, 1.82) is 0 Å². The number of hydrogen-bond acceptors (Lipinski definition) is 3. The van der Waals surface area contributed by atoms with Gasteiger partial charge in [0.15, 0.2) is 6.16 Å². The Morgan fingerprint density at radius 1 is 0.800 bits per heavy atom. The van der Waals surface area contributed by atoms with Crippen LogP contribution in [0.2, 0.25) is 0 Å². The summed E-state index contributed by atoms with van der Waals surface area (Å²) in [6.45, 7) is 8.90. The molecule has 0 aromatic heterocycles. The molecule has 5 heteroatoms. The number of benzene rings is 3. The van der Waals surface area contributed by atoms with E-state index in [1.54, 1.807) is 0 Å². The van der Waals surface area contributed by atoms with Gasteiger partial charge in [-0.1, -0.05) is 54.6 Å². The molecule has 0 spiro atoms. The minimum absolute atomic E-state index is 0.0805. The van der Waals surface area contributed by atoms with Crippen LogP contribution in [0.5, 0.6) is 0 Å². The van der Waals surface area contributed by atoms with E-state index in [1.165, 1.54) is 21.0 Å². The Kier molecular flexibility index (Phi) is 7.47. The number of hydrogen-bond donors (Lipinski definition) is 2. The van der Waals surface area contributed by atoms with Gasteiger partial charge in [-0.25, -0.2) is 0 Å². The molecule has 1 amide bonds. The topological polar surface area (TPSA) is 52.6 Å². The molecule has 4 rings (SSSR count). The molecule has 0 unspecified atom stereocenters. The Balaban J connectivity index is 1.64. The predicted molar refractivity (Wildman–Crippen MR) is 148 cm³/mol. The van der Waals surface area contributed by atoms with E-state index in [2.05, 4.69) is 106 Å². The minimum Gasteiger partial charge on any atom is -0.353 e. The van der Waals surface area contributed by atoms with Crippen LogP contribution in [-0.2, 0) is 4.79 Å². The van der Waals surface area contributed by atoms with Crippen LogP contribution in [-0.4, -0.2) is 40.0 Å². The van der Waals surface area contributed by atoms with E-state index < -0.39 is 7.26 Å². The number of nitrogens with one attached hydrogen (secondary N) is 1. The van der Waals surface area contributed by atoms with Crippen LogP contribution < -0.4 is 21.2 Å². The van der Waals surface area contributed by atoms with Gasteiger partial charge < -0.3 is 10.5 Å². The highest BCUT2D eigenvalue weighted by Crippen LogP contribution is 2.55. The smallest absolute Gasteiger partial charge is 0.258 e. The van der Waals surface area contributed by atoms with E-state index in [4.69, 9.17) is 0 Å². The number of carbonyl (C=O) groups is 1. The van der Waals surface area contributed by atoms with Gasteiger partial charge in [0.2, 0.25) is 0 Å². The van der Waals surface area contributed by atoms with Crippen molar-refractivity contribution in [3.05, 3.63) is 91.0 Å². The molecule has 2 N–H and O–H groups in total. The van der Waals surface area contributed by atoms with E-state index in [1.807, 2.05) is 18.2 Å². The SMILES string of the molecule is CC1(C)CC(CNC(=O)C[P+](c2ccccc2)(c2ccccc2)c2ccccc2)CC(C)(C)N1O. The van der Waals surface area contributed by atoms with Gasteiger partial charge in [0.1, 0.15) is 23.2 Å². The van der Waals surface area contributed by atoms with Crippen molar-refractivity contribution in [3.8, 4) is 0 Å². The zero-order chi connectivity index (χ0) is 25.1. The standard InChI is InChI=1S/C30H37N2O2P/c1-29(2)20-24(21-30(3,4)32(29)34)22-31-28(33)23-35(25-14-8-5-9-15-25,26-16-10-6-11-17-26)27-18-12-7-13-19-27/h5-19,24,34H,20-23H2,1-4H3/p+1. The fourth-order valence-corrected chi connectivity index (χ4v) is 9.95. The number of amides is 1. The molecule has 0 aliphatic carbocycles. The molecule has 4 nitrogen and oxygen atoms in total. The highest BCUT2D eigenvalue weighted by atomic mass is 31.2. The van der Waals surface area contributed by atoms with Crippen molar-refractivity contribution in [1.82, 2.24) is 10.4 Å². The lowest BCUT2D eigenvalue weighted by molar-refractivity contribution is -0.250. The molecule has 0 bridgehead atoms. The fraction of sp³-hybridized carbons (Fsp3) is 0.367. The molecule has 0 atom stereocenters. The van der Waals surface area contributed by atoms with E-state index in [-0.39, 0.29) is 17.0 Å². The van der Waals surface area contributed by atoms with E-state index in [9.17, 15) is 10.0 Å². The van der Waals surface area contributed by atoms with Gasteiger partial charge in [-0.15, -0.1) is 0 Å². The second kappa shape index (κ2) is 10.2. The second-order valence-corrected chi connectivity index (χ2v) is 14.5. The van der Waals surface area contributed by atoms with Crippen LogP contribution in [0.25, 0.3) is 0 Å². The van der Waals surface area contributed by atoms with Crippen molar-refractivity contribution in [2.75, 3.05) is 12.7 Å². The first-order chi connectivity index (χ1) is 16.6. The summed E-state index contributed by atoms with van der Waals surface area (Å²) in [6.07, 6.45) is 2.10. The predicted octanol–water partition coefficient (Wildman–Crippen LogP) is 4.76. The minimum atomic E-state index is -2.20. The largest absolute Gasteiger partial charge is 0.353 e. The van der Waals surface area contributed by atoms with Crippen molar-refractivity contribution >= 4 is 29.1 Å². The lowest BCUT2D eigenvalue weighted by Crippen LogP contribution is -2.60. The fourth-order valence-electron chi connectivity index (χ4n) is 5.92. The number of hydroxylamine groups is 2. The Morgan fingerprint density at radius 3 is 1.54 bits per heavy atom. The van der Waals surface area contributed by atoms with Gasteiger partial charge in [-0.05, 0) is 82.9 Å². The van der Waals surface area contributed by atoms with Crippen LogP contribution in [0.4, 0.5) is 0 Å². The van der Waals surface area contributed by atoms with Crippen molar-refractivity contribution in [2.24, 2.45) is 5.92 Å². The summed E-state index contributed by atoms with van der Waals surface area (Å²) in [7, 11) is -2.20. The molecule has 0 saturated carbocycles. The van der Waals surface area contributed by atoms with Crippen molar-refractivity contribution in [2.45, 2.75) is 51.6 Å². The molecule has 3 aromatic carbocycles. The number of piperidine rings is 1. The van der Waals surface area contributed by atoms with E-state index >= 15 is 0 Å². The molecule has 1 fully saturated rings. The first kappa shape index (κ1) is 25.6. The average molecular weight is 490 g/mol. The molecule has 1 aliphatic heterocycles. The molecular weight excluding hydrogens is 451 g/mol. The molecule has 1 heterocycles. The zero-order valence-electron chi connectivity index (χ0n) is 21.3. The third-order valence-electron chi connectivity index (χ3n) is 7.28. The van der Waals surface area contributed by atoms with Gasteiger partial charge in [0.05, 0.1) is 0 Å². The Bertz CT molecular complexity index is 1000. The summed E-state index contributed by atoms with van der Waals surface area (Å²) >= 11 is 0. The third-order valence-corrected chi connectivity index (χ3v) is 11.6. The van der Waals surface area contributed by atoms with Crippen molar-refractivity contribution in [3.63, 3.8) is 0 Å². The maximum Gasteiger partial charge on any atom is 0.258 e. The van der Waals surface area contributed by atoms with Crippen LogP contribution in [0.3, 0.4) is 0 Å². The Morgan fingerprint density at radius 2 is 1.17 bits per heavy atom. The number of rotatable bonds is 7. The molecule has 1 aliphatic rings. The first-order valence-electron chi connectivity index (χ1n) is 12.5. The Hall–Kier alpha value is -2.52. The van der Waals surface area contributed by atoms with E-state index in [0.717, 1.165) is 12.8 Å². The number of nitrogens with zero attached hydrogens (tertiary/aromatic N) is 1. The van der Waals surface area contributed by atoms with Crippen molar-refractivity contribution < 1.29 is 10.0 Å². The van der Waals surface area contributed by atoms with Crippen LogP contribution in [0, 0.1) is 5.92 Å². The van der Waals surface area contributed by atoms with Crippen LogP contribution in [0.1, 0.15) is 40.5 Å². The summed E-state index contributed by atoms with van der Waals surface area (Å²) in [4.78, 5) is 13.7. The lowest BCUT2D eigenvalue weighted by atomic mass is 9.75. The molecule has 3 aromatic rings. The summed E-state index contributed by atoms with van der Waals surface area (Å²) in [5.41, 5.74) is -0.655. The highest BCUT2D eigenvalue weighted by Gasteiger charge is 2.48. The lowest BCUT2D eigenvalue weighted by Gasteiger charge is -2.51. The van der Waals surface area contributed by atoms with Gasteiger partial charge in [0.25, 0.3) is 5.91 Å². The van der Waals surface area contributed by atoms with Crippen LogP contribution >= 0.6 is 7.26 Å². The second-order valence-electron chi connectivity index (χ2n) is 11.0. The normalized spacial score (nSPS) is 18.2. The van der Waals surface area contributed by atoms with Gasteiger partial charge in [-0.2, -0.15) is 5.06 Å². The summed E-state index contributed by atoms with van der Waals surface area (Å²) in [6, 6.07) is 31.5.